The van der Waals surface area contributed by atoms with Gasteiger partial charge in [-0.15, -0.1) is 0 Å². The van der Waals surface area contributed by atoms with Crippen molar-refractivity contribution in [2.75, 3.05) is 19.6 Å². The lowest BCUT2D eigenvalue weighted by Gasteiger charge is -2.51. The Bertz CT molecular complexity index is 4480. The predicted molar refractivity (Wildman–Crippen MR) is 375 cm³/mol. The average molecular weight is 1150 g/mol. The number of furan rings is 1. The van der Waals surface area contributed by atoms with E-state index in [1.807, 2.05) is 0 Å². The maximum atomic E-state index is 7.26. The number of hydrogen-bond acceptors (Lipinski definition) is 5. The van der Waals surface area contributed by atoms with Crippen molar-refractivity contribution in [1.82, 2.24) is 0 Å². The zero-order valence-electron chi connectivity index (χ0n) is 54.3. The van der Waals surface area contributed by atoms with E-state index in [0.717, 1.165) is 82.5 Å². The van der Waals surface area contributed by atoms with Crippen molar-refractivity contribution in [2.24, 2.45) is 0 Å². The van der Waals surface area contributed by atoms with Gasteiger partial charge in [-0.25, -0.2) is 0 Å². The molecule has 0 radical (unpaired) electrons. The third kappa shape index (κ3) is 7.91. The van der Waals surface area contributed by atoms with Gasteiger partial charge in [-0.3, -0.25) is 0 Å². The summed E-state index contributed by atoms with van der Waals surface area (Å²) >= 11 is 0. The van der Waals surface area contributed by atoms with Gasteiger partial charge in [0, 0.05) is 73.1 Å². The Balaban J connectivity index is 1.07. The molecule has 9 aromatic carbocycles. The Kier molecular flexibility index (Phi) is 11.8. The van der Waals surface area contributed by atoms with Crippen molar-refractivity contribution in [3.05, 3.63) is 215 Å². The molecular formula is C82H85BN4O. The number of anilines is 11. The fraction of sp³-hybridized carbons (Fsp3) is 0.341. The average Bonchev–Trinajstić information content (AvgIpc) is 1.02. The molecule has 0 saturated heterocycles. The van der Waals surface area contributed by atoms with E-state index in [9.17, 15) is 0 Å². The van der Waals surface area contributed by atoms with Crippen molar-refractivity contribution >= 4 is 108 Å². The molecule has 3 aliphatic heterocycles. The normalized spacial score (nSPS) is 21.5. The molecule has 442 valence electrons. The van der Waals surface area contributed by atoms with Crippen LogP contribution in [0.3, 0.4) is 0 Å². The smallest absolute Gasteiger partial charge is 0.252 e. The van der Waals surface area contributed by atoms with E-state index in [-0.39, 0.29) is 44.7 Å². The molecule has 1 saturated carbocycles. The van der Waals surface area contributed by atoms with Gasteiger partial charge in [0.1, 0.15) is 5.58 Å². The van der Waals surface area contributed by atoms with Crippen LogP contribution in [0.4, 0.5) is 62.6 Å². The van der Waals surface area contributed by atoms with Gasteiger partial charge < -0.3 is 24.0 Å². The van der Waals surface area contributed by atoms with E-state index in [4.69, 9.17) is 4.42 Å². The van der Waals surface area contributed by atoms with Gasteiger partial charge >= 0.3 is 0 Å². The van der Waals surface area contributed by atoms with Gasteiger partial charge in [0.05, 0.1) is 11.2 Å². The van der Waals surface area contributed by atoms with Crippen molar-refractivity contribution in [3.63, 3.8) is 0 Å². The summed E-state index contributed by atoms with van der Waals surface area (Å²) in [5, 5.41) is 2.24. The minimum Gasteiger partial charge on any atom is -0.454 e. The number of nitrogens with zero attached hydrogens (tertiary/aromatic N) is 4. The molecule has 1 fully saturated rings. The molecule has 6 heteroatoms. The zero-order valence-corrected chi connectivity index (χ0v) is 54.3. The maximum absolute atomic E-state index is 7.26. The van der Waals surface area contributed by atoms with Crippen molar-refractivity contribution < 1.29 is 4.42 Å². The summed E-state index contributed by atoms with van der Waals surface area (Å²) in [5.41, 5.74) is 27.3. The van der Waals surface area contributed by atoms with E-state index in [1.54, 1.807) is 0 Å². The fourth-order valence-corrected chi connectivity index (χ4v) is 17.7. The van der Waals surface area contributed by atoms with Crippen molar-refractivity contribution in [3.8, 4) is 0 Å². The van der Waals surface area contributed by atoms with Crippen LogP contribution in [0.1, 0.15) is 175 Å². The highest BCUT2D eigenvalue weighted by atomic mass is 16.3. The molecule has 0 amide bonds. The lowest BCUT2D eigenvalue weighted by molar-refractivity contribution is 0.195. The van der Waals surface area contributed by atoms with E-state index in [0.29, 0.717) is 0 Å². The van der Waals surface area contributed by atoms with E-state index in [2.05, 4.69) is 292 Å². The quantitative estimate of drug-likeness (QED) is 0.155. The molecule has 4 heterocycles. The minimum absolute atomic E-state index is 0.00243. The largest absolute Gasteiger partial charge is 0.454 e. The molecule has 16 rings (SSSR count). The lowest BCUT2D eigenvalue weighted by Crippen LogP contribution is -2.62. The van der Waals surface area contributed by atoms with Crippen molar-refractivity contribution in [2.45, 2.75) is 179 Å². The molecule has 0 N–H and O–H groups in total. The minimum atomic E-state index is -0.215. The lowest BCUT2D eigenvalue weighted by atomic mass is 9.33. The van der Waals surface area contributed by atoms with Gasteiger partial charge in [0.2, 0.25) is 0 Å². The SMILES string of the molecule is CC(C)(C)c1ccc2c(c1)C1(C)CCCCC1(C)N2c1cc2c3c(c1)N(c1cccc4c1oc1ccccc14)c1cc(N(c4ccccc4)c4ccccc4)ccc1B3c1cc3c(cc1N2c1ccc2c(c1)C(C)(C)CCC2(C)C)C(C)(C)CCC3(C)C. The van der Waals surface area contributed by atoms with Crippen LogP contribution in [0.2, 0.25) is 0 Å². The van der Waals surface area contributed by atoms with Crippen LogP contribution in [-0.4, -0.2) is 12.3 Å². The van der Waals surface area contributed by atoms with Crippen LogP contribution in [0.15, 0.2) is 186 Å². The summed E-state index contributed by atoms with van der Waals surface area (Å²) in [5.74, 6) is 0. The topological polar surface area (TPSA) is 26.1 Å². The molecule has 2 atom stereocenters. The monoisotopic (exact) mass is 1150 g/mol. The zero-order chi connectivity index (χ0) is 60.8. The van der Waals surface area contributed by atoms with Gasteiger partial charge in [0.25, 0.3) is 6.71 Å². The van der Waals surface area contributed by atoms with E-state index >= 15 is 0 Å². The third-order valence-corrected chi connectivity index (χ3v) is 23.2. The van der Waals surface area contributed by atoms with Crippen LogP contribution in [0.5, 0.6) is 0 Å². The van der Waals surface area contributed by atoms with Gasteiger partial charge in [-0.05, 0) is 207 Å². The molecule has 10 aromatic rings. The molecule has 0 bridgehead atoms. The molecule has 88 heavy (non-hydrogen) atoms. The van der Waals surface area contributed by atoms with Crippen LogP contribution < -0.4 is 36.0 Å². The molecule has 5 nitrogen and oxygen atoms in total. The number of hydrogen-bond donors (Lipinski definition) is 0. The van der Waals surface area contributed by atoms with Crippen LogP contribution in [0.25, 0.3) is 21.9 Å². The van der Waals surface area contributed by atoms with E-state index in [1.165, 1.54) is 103 Å². The number of para-hydroxylation sites is 4. The first-order valence-electron chi connectivity index (χ1n) is 33.0. The standard InChI is InChI=1S/C82H85BN4O/c1-76(2,3)52-33-38-67-64(45-52)81(12)39-22-23-40-82(81,13)87(67)57-48-71-74-72(49-57)86(68-31-24-30-59-58-29-20-21-32-73(58)88-75(59)68)69-47-56(84(53-25-16-14-17-26-53)54-27-18-15-19-28-54)35-37-65(69)83(74)66-50-62-63(80(10,11)44-43-79(62,8)9)51-70(66)85(71)55-34-36-60-61(46-55)78(6,7)42-41-77(60,4)5/h14-21,24-38,45-51H,22-23,39-44H2,1-13H3. The summed E-state index contributed by atoms with van der Waals surface area (Å²) in [6.45, 7) is 32.2. The highest BCUT2D eigenvalue weighted by molar-refractivity contribution is 7.00. The number of fused-ring (bicyclic) bond motifs is 12. The Labute approximate surface area is 523 Å². The second-order valence-corrected chi connectivity index (χ2v) is 31.4. The predicted octanol–water partition coefficient (Wildman–Crippen LogP) is 20.9. The Hall–Kier alpha value is -7.96. The Morgan fingerprint density at radius 3 is 1.68 bits per heavy atom. The Morgan fingerprint density at radius 1 is 0.409 bits per heavy atom. The van der Waals surface area contributed by atoms with E-state index < -0.39 is 0 Å². The summed E-state index contributed by atoms with van der Waals surface area (Å²) in [6.07, 6.45) is 9.25. The summed E-state index contributed by atoms with van der Waals surface area (Å²) in [4.78, 5) is 10.7. The van der Waals surface area contributed by atoms with Gasteiger partial charge in [-0.2, -0.15) is 0 Å². The highest BCUT2D eigenvalue weighted by Crippen LogP contribution is 2.63. The van der Waals surface area contributed by atoms with Crippen molar-refractivity contribution in [1.29, 1.82) is 0 Å². The second kappa shape index (κ2) is 18.8. The fourth-order valence-electron chi connectivity index (χ4n) is 17.7. The number of benzene rings is 9. The van der Waals surface area contributed by atoms with Crippen LogP contribution in [-0.2, 0) is 32.5 Å². The molecule has 0 spiro atoms. The Morgan fingerprint density at radius 2 is 1.00 bits per heavy atom. The van der Waals surface area contributed by atoms with Crippen LogP contribution >= 0.6 is 0 Å². The molecule has 3 aliphatic carbocycles. The first-order chi connectivity index (χ1) is 42.0. The van der Waals surface area contributed by atoms with Crippen LogP contribution in [0, 0.1) is 0 Å². The van der Waals surface area contributed by atoms with Gasteiger partial charge in [-0.1, -0.05) is 193 Å². The van der Waals surface area contributed by atoms with Gasteiger partial charge in [0.15, 0.2) is 5.58 Å². The third-order valence-electron chi connectivity index (χ3n) is 23.2. The number of rotatable bonds is 6. The first-order valence-corrected chi connectivity index (χ1v) is 33.0. The summed E-state index contributed by atoms with van der Waals surface area (Å²) < 4.78 is 7.26. The molecule has 2 unspecified atom stereocenters. The highest BCUT2D eigenvalue weighted by Gasteiger charge is 2.59. The first kappa shape index (κ1) is 55.4. The maximum Gasteiger partial charge on any atom is 0.252 e. The molecular weight excluding hydrogens is 1070 g/mol. The summed E-state index contributed by atoms with van der Waals surface area (Å²) in [6, 6.07) is 70.6. The summed E-state index contributed by atoms with van der Waals surface area (Å²) in [7, 11) is 0. The molecule has 6 aliphatic rings. The second-order valence-electron chi connectivity index (χ2n) is 31.4. The molecule has 1 aromatic heterocycles.